The summed E-state index contributed by atoms with van der Waals surface area (Å²) in [5, 5.41) is 0. The quantitative estimate of drug-likeness (QED) is 0.246. The maximum absolute atomic E-state index is 14.8. The highest BCUT2D eigenvalue weighted by atomic mass is 19.2. The number of esters is 1. The summed E-state index contributed by atoms with van der Waals surface area (Å²) in [6, 6.07) is 14.6. The standard InChI is InChI=1S/C30H29F3O3/c1-3-5-19-6-8-21(9-7-19)25-16-17-27(29(33)28(25)32)36-30(34)22-12-10-20(11-13-22)24-15-14-23(35-4-2)18-26(24)31/h3,5-9,14-18,20,22H,4,10-13H2,1-2H3. The normalized spacial score (nSPS) is 17.8. The second kappa shape index (κ2) is 11.5. The van der Waals surface area contributed by atoms with Gasteiger partial charge in [-0.2, -0.15) is 4.39 Å². The zero-order valence-corrected chi connectivity index (χ0v) is 20.4. The molecule has 3 aromatic rings. The Labute approximate surface area is 209 Å². The monoisotopic (exact) mass is 494 g/mol. The largest absolute Gasteiger partial charge is 0.494 e. The third-order valence-electron chi connectivity index (χ3n) is 6.62. The summed E-state index contributed by atoms with van der Waals surface area (Å²) in [4.78, 5) is 12.7. The molecule has 0 aromatic heterocycles. The second-order valence-corrected chi connectivity index (χ2v) is 8.95. The van der Waals surface area contributed by atoms with Crippen molar-refractivity contribution in [1.29, 1.82) is 0 Å². The van der Waals surface area contributed by atoms with Gasteiger partial charge in [-0.15, -0.1) is 0 Å². The molecule has 0 saturated heterocycles. The van der Waals surface area contributed by atoms with E-state index in [1.807, 2.05) is 38.1 Å². The first-order valence-corrected chi connectivity index (χ1v) is 12.3. The molecule has 4 rings (SSSR count). The SMILES string of the molecule is CC=Cc1ccc(-c2ccc(OC(=O)C3CCC(c4ccc(OCC)cc4F)CC3)c(F)c2F)cc1. The van der Waals surface area contributed by atoms with Crippen molar-refractivity contribution in [1.82, 2.24) is 0 Å². The van der Waals surface area contributed by atoms with Crippen molar-refractivity contribution in [2.45, 2.75) is 45.4 Å². The Hall–Kier alpha value is -3.54. The Morgan fingerprint density at radius 1 is 0.944 bits per heavy atom. The van der Waals surface area contributed by atoms with Crippen molar-refractivity contribution in [2.24, 2.45) is 5.92 Å². The van der Waals surface area contributed by atoms with Gasteiger partial charge in [0.25, 0.3) is 0 Å². The molecule has 0 spiro atoms. The van der Waals surface area contributed by atoms with Crippen LogP contribution < -0.4 is 9.47 Å². The lowest BCUT2D eigenvalue weighted by Crippen LogP contribution is -2.25. The van der Waals surface area contributed by atoms with Gasteiger partial charge in [0.15, 0.2) is 11.6 Å². The Morgan fingerprint density at radius 3 is 2.31 bits per heavy atom. The first kappa shape index (κ1) is 25.5. The Bertz CT molecular complexity index is 1240. The molecule has 1 fully saturated rings. The molecule has 6 heteroatoms. The molecule has 0 bridgehead atoms. The predicted octanol–water partition coefficient (Wildman–Crippen LogP) is 8.08. The third-order valence-corrected chi connectivity index (χ3v) is 6.62. The van der Waals surface area contributed by atoms with Crippen molar-refractivity contribution >= 4 is 12.0 Å². The molecule has 3 aromatic carbocycles. The van der Waals surface area contributed by atoms with Crippen molar-refractivity contribution < 1.29 is 27.4 Å². The molecule has 3 nitrogen and oxygen atoms in total. The second-order valence-electron chi connectivity index (χ2n) is 8.95. The molecule has 0 atom stereocenters. The summed E-state index contributed by atoms with van der Waals surface area (Å²) < 4.78 is 54.7. The number of carbonyl (C=O) groups excluding carboxylic acids is 1. The molecule has 36 heavy (non-hydrogen) atoms. The number of carbonyl (C=O) groups is 1. The van der Waals surface area contributed by atoms with Crippen molar-refractivity contribution in [3.05, 3.63) is 89.3 Å². The average molecular weight is 495 g/mol. The molecule has 1 saturated carbocycles. The maximum Gasteiger partial charge on any atom is 0.314 e. The van der Waals surface area contributed by atoms with Gasteiger partial charge in [-0.3, -0.25) is 4.79 Å². The number of rotatable bonds is 7. The van der Waals surface area contributed by atoms with Gasteiger partial charge in [-0.25, -0.2) is 8.78 Å². The van der Waals surface area contributed by atoms with Crippen LogP contribution in [-0.4, -0.2) is 12.6 Å². The smallest absolute Gasteiger partial charge is 0.314 e. The van der Waals surface area contributed by atoms with Crippen LogP contribution >= 0.6 is 0 Å². The van der Waals surface area contributed by atoms with Crippen LogP contribution in [0.2, 0.25) is 0 Å². The minimum Gasteiger partial charge on any atom is -0.494 e. The summed E-state index contributed by atoms with van der Waals surface area (Å²) in [5.41, 5.74) is 2.18. The minimum absolute atomic E-state index is 0.0163. The molecule has 1 aliphatic rings. The van der Waals surface area contributed by atoms with E-state index in [2.05, 4.69) is 0 Å². The molecule has 0 radical (unpaired) electrons. The number of hydrogen-bond acceptors (Lipinski definition) is 3. The Kier molecular flexibility index (Phi) is 8.14. The lowest BCUT2D eigenvalue weighted by Gasteiger charge is -2.28. The Balaban J connectivity index is 1.39. The van der Waals surface area contributed by atoms with E-state index in [0.717, 1.165) is 5.56 Å². The van der Waals surface area contributed by atoms with Gasteiger partial charge >= 0.3 is 5.97 Å². The predicted molar refractivity (Wildman–Crippen MR) is 134 cm³/mol. The summed E-state index contributed by atoms with van der Waals surface area (Å²) in [6.45, 7) is 4.20. The van der Waals surface area contributed by atoms with Crippen LogP contribution in [0.5, 0.6) is 11.5 Å². The fraction of sp³-hybridized carbons (Fsp3) is 0.300. The lowest BCUT2D eigenvalue weighted by atomic mass is 9.78. The highest BCUT2D eigenvalue weighted by Gasteiger charge is 2.30. The summed E-state index contributed by atoms with van der Waals surface area (Å²) in [6.07, 6.45) is 5.97. The Morgan fingerprint density at radius 2 is 1.67 bits per heavy atom. The van der Waals surface area contributed by atoms with E-state index in [9.17, 15) is 18.0 Å². The van der Waals surface area contributed by atoms with E-state index in [1.165, 1.54) is 18.2 Å². The van der Waals surface area contributed by atoms with Crippen LogP contribution in [-0.2, 0) is 4.79 Å². The van der Waals surface area contributed by atoms with Crippen LogP contribution in [0.15, 0.2) is 60.7 Å². The van der Waals surface area contributed by atoms with E-state index < -0.39 is 29.3 Å². The van der Waals surface area contributed by atoms with Crippen molar-refractivity contribution in [3.63, 3.8) is 0 Å². The van der Waals surface area contributed by atoms with Gasteiger partial charge in [0.05, 0.1) is 12.5 Å². The first-order valence-electron chi connectivity index (χ1n) is 12.3. The van der Waals surface area contributed by atoms with Crippen molar-refractivity contribution in [2.75, 3.05) is 6.61 Å². The molecule has 188 valence electrons. The van der Waals surface area contributed by atoms with E-state index in [0.29, 0.717) is 49.2 Å². The zero-order chi connectivity index (χ0) is 25.7. The van der Waals surface area contributed by atoms with E-state index in [1.54, 1.807) is 24.3 Å². The zero-order valence-electron chi connectivity index (χ0n) is 20.4. The molecule has 0 N–H and O–H groups in total. The van der Waals surface area contributed by atoms with Crippen molar-refractivity contribution in [3.8, 4) is 22.6 Å². The molecular formula is C30H29F3O3. The topological polar surface area (TPSA) is 35.5 Å². The van der Waals surface area contributed by atoms with Crippen LogP contribution in [0.1, 0.15) is 56.6 Å². The van der Waals surface area contributed by atoms with Gasteiger partial charge in [0.1, 0.15) is 11.6 Å². The van der Waals surface area contributed by atoms with Crippen LogP contribution in [0.4, 0.5) is 13.2 Å². The first-order chi connectivity index (χ1) is 17.4. The highest BCUT2D eigenvalue weighted by molar-refractivity contribution is 5.76. The number of ether oxygens (including phenoxy) is 2. The third kappa shape index (κ3) is 5.64. The molecule has 0 amide bonds. The maximum atomic E-state index is 14.8. The molecule has 0 unspecified atom stereocenters. The molecular weight excluding hydrogens is 465 g/mol. The average Bonchev–Trinajstić information content (AvgIpc) is 2.88. The molecule has 0 aliphatic heterocycles. The van der Waals surface area contributed by atoms with Gasteiger partial charge in [0, 0.05) is 11.6 Å². The molecule has 0 heterocycles. The number of halogens is 3. The number of benzene rings is 3. The minimum atomic E-state index is -1.19. The van der Waals surface area contributed by atoms with Gasteiger partial charge in [-0.1, -0.05) is 42.5 Å². The highest BCUT2D eigenvalue weighted by Crippen LogP contribution is 2.39. The van der Waals surface area contributed by atoms with E-state index >= 15 is 0 Å². The number of allylic oxidation sites excluding steroid dienone is 1. The van der Waals surface area contributed by atoms with Gasteiger partial charge in [0.2, 0.25) is 5.82 Å². The summed E-state index contributed by atoms with van der Waals surface area (Å²) >= 11 is 0. The van der Waals surface area contributed by atoms with Crippen LogP contribution in [0, 0.1) is 23.4 Å². The number of hydrogen-bond donors (Lipinski definition) is 0. The van der Waals surface area contributed by atoms with Crippen LogP contribution in [0.25, 0.3) is 17.2 Å². The van der Waals surface area contributed by atoms with Gasteiger partial charge in [-0.05, 0) is 80.3 Å². The van der Waals surface area contributed by atoms with Crippen LogP contribution in [0.3, 0.4) is 0 Å². The molecule has 1 aliphatic carbocycles. The van der Waals surface area contributed by atoms with Gasteiger partial charge < -0.3 is 9.47 Å². The fourth-order valence-electron chi connectivity index (χ4n) is 4.73. The lowest BCUT2D eigenvalue weighted by molar-refractivity contribution is -0.140. The van der Waals surface area contributed by atoms with E-state index in [4.69, 9.17) is 9.47 Å². The summed E-state index contributed by atoms with van der Waals surface area (Å²) in [7, 11) is 0. The fourth-order valence-corrected chi connectivity index (χ4v) is 4.73. The van der Waals surface area contributed by atoms with E-state index in [-0.39, 0.29) is 17.3 Å². The summed E-state index contributed by atoms with van der Waals surface area (Å²) in [5.74, 6) is -3.57.